The van der Waals surface area contributed by atoms with Gasteiger partial charge in [-0.15, -0.1) is 11.8 Å². The van der Waals surface area contributed by atoms with Crippen LogP contribution >= 0.6 is 23.4 Å². The first-order chi connectivity index (χ1) is 13.1. The van der Waals surface area contributed by atoms with E-state index >= 15 is 0 Å². The lowest BCUT2D eigenvalue weighted by Gasteiger charge is -2.12. The molecule has 2 aromatic rings. The molecule has 0 atom stereocenters. The Morgan fingerprint density at radius 2 is 1.85 bits per heavy atom. The van der Waals surface area contributed by atoms with Crippen LogP contribution in [0.15, 0.2) is 57.1 Å². The summed E-state index contributed by atoms with van der Waals surface area (Å²) in [5.41, 5.74) is 1.07. The lowest BCUT2D eigenvalue weighted by atomic mass is 10.3. The molecule has 146 valence electrons. The first-order valence-corrected chi connectivity index (χ1v) is 10.5. The highest BCUT2D eigenvalue weighted by Crippen LogP contribution is 2.19. The highest BCUT2D eigenvalue weighted by atomic mass is 35.5. The molecule has 5 nitrogen and oxygen atoms in total. The Balaban J connectivity index is 1.60. The van der Waals surface area contributed by atoms with Crippen LogP contribution in [0.5, 0.6) is 0 Å². The summed E-state index contributed by atoms with van der Waals surface area (Å²) in [7, 11) is 1.77. The summed E-state index contributed by atoms with van der Waals surface area (Å²) < 4.78 is 1.82. The Bertz CT molecular complexity index is 789. The molecule has 0 bridgehead atoms. The lowest BCUT2D eigenvalue weighted by molar-refractivity contribution is 0.575. The van der Waals surface area contributed by atoms with Crippen molar-refractivity contribution in [1.82, 2.24) is 15.2 Å². The van der Waals surface area contributed by atoms with Crippen LogP contribution in [0.1, 0.15) is 18.5 Å². The van der Waals surface area contributed by atoms with Gasteiger partial charge in [-0.1, -0.05) is 17.7 Å². The van der Waals surface area contributed by atoms with Crippen molar-refractivity contribution < 1.29 is 0 Å². The zero-order valence-corrected chi connectivity index (χ0v) is 17.4. The third kappa shape index (κ3) is 7.69. The fraction of sp³-hybridized carbons (Fsp3) is 0.400. The molecule has 0 aliphatic heterocycles. The average molecular weight is 407 g/mol. The molecule has 0 unspecified atom stereocenters. The van der Waals surface area contributed by atoms with Crippen LogP contribution in [-0.4, -0.2) is 36.4 Å². The molecule has 1 aromatic heterocycles. The Morgan fingerprint density at radius 3 is 2.56 bits per heavy atom. The molecule has 7 heteroatoms. The number of pyridine rings is 1. The summed E-state index contributed by atoms with van der Waals surface area (Å²) in [6, 6.07) is 13.2. The maximum absolute atomic E-state index is 11.8. The highest BCUT2D eigenvalue weighted by Gasteiger charge is 2.01. The number of aliphatic imine (C=N–C) groups is 1. The molecular weight excluding hydrogens is 380 g/mol. The number of hydrogen-bond acceptors (Lipinski definition) is 3. The summed E-state index contributed by atoms with van der Waals surface area (Å²) in [6.07, 6.45) is 1.92. The minimum Gasteiger partial charge on any atom is -0.356 e. The normalized spacial score (nSPS) is 11.4. The maximum Gasteiger partial charge on any atom is 0.250 e. The molecule has 0 saturated carbocycles. The van der Waals surface area contributed by atoms with Crippen LogP contribution in [0.2, 0.25) is 5.02 Å². The SMILES string of the molecule is CN=C(NCCCCn1c(C)cccc1=O)NCCSc1ccc(Cl)cc1. The van der Waals surface area contributed by atoms with E-state index in [9.17, 15) is 4.79 Å². The van der Waals surface area contributed by atoms with E-state index in [-0.39, 0.29) is 5.56 Å². The quantitative estimate of drug-likeness (QED) is 0.289. The van der Waals surface area contributed by atoms with Crippen molar-refractivity contribution in [2.45, 2.75) is 31.2 Å². The van der Waals surface area contributed by atoms with Gasteiger partial charge in [-0.05, 0) is 50.1 Å². The van der Waals surface area contributed by atoms with Gasteiger partial charge in [0.05, 0.1) is 0 Å². The van der Waals surface area contributed by atoms with Crippen molar-refractivity contribution in [2.75, 3.05) is 25.9 Å². The number of hydrogen-bond donors (Lipinski definition) is 2. The van der Waals surface area contributed by atoms with Gasteiger partial charge in [0, 0.05) is 54.1 Å². The number of benzene rings is 1. The van der Waals surface area contributed by atoms with Gasteiger partial charge in [0.25, 0.3) is 5.56 Å². The summed E-state index contributed by atoms with van der Waals surface area (Å²) in [5, 5.41) is 7.39. The van der Waals surface area contributed by atoms with E-state index in [0.717, 1.165) is 54.9 Å². The van der Waals surface area contributed by atoms with Crippen LogP contribution in [-0.2, 0) is 6.54 Å². The predicted octanol–water partition coefficient (Wildman–Crippen LogP) is 3.55. The van der Waals surface area contributed by atoms with E-state index in [4.69, 9.17) is 11.6 Å². The maximum atomic E-state index is 11.8. The molecule has 0 fully saturated rings. The standard InChI is InChI=1S/C20H27ClN4OS/c1-16-6-5-7-19(26)25(16)14-4-3-12-23-20(22-2)24-13-15-27-18-10-8-17(21)9-11-18/h5-11H,3-4,12-15H2,1-2H3,(H2,22,23,24). The van der Waals surface area contributed by atoms with Crippen molar-refractivity contribution in [3.63, 3.8) is 0 Å². The number of thioether (sulfide) groups is 1. The number of unbranched alkanes of at least 4 members (excludes halogenated alkanes) is 1. The van der Waals surface area contributed by atoms with E-state index in [1.54, 1.807) is 30.9 Å². The average Bonchev–Trinajstić information content (AvgIpc) is 2.66. The van der Waals surface area contributed by atoms with E-state index in [1.165, 1.54) is 4.90 Å². The molecular formula is C20H27ClN4OS. The number of nitrogens with zero attached hydrogens (tertiary/aromatic N) is 2. The molecule has 0 aliphatic carbocycles. The third-order valence-electron chi connectivity index (χ3n) is 4.07. The number of nitrogens with one attached hydrogen (secondary N) is 2. The van der Waals surface area contributed by atoms with Gasteiger partial charge in [-0.3, -0.25) is 9.79 Å². The molecule has 0 spiro atoms. The molecule has 0 amide bonds. The molecule has 2 rings (SSSR count). The molecule has 1 heterocycles. The van der Waals surface area contributed by atoms with E-state index in [1.807, 2.05) is 41.8 Å². The van der Waals surface area contributed by atoms with Crippen LogP contribution in [0, 0.1) is 6.92 Å². The Hall–Kier alpha value is -1.92. The molecule has 2 N–H and O–H groups in total. The Labute approximate surface area is 170 Å². The minimum absolute atomic E-state index is 0.0682. The Morgan fingerprint density at radius 1 is 1.11 bits per heavy atom. The predicted molar refractivity (Wildman–Crippen MR) is 116 cm³/mol. The highest BCUT2D eigenvalue weighted by molar-refractivity contribution is 7.99. The van der Waals surface area contributed by atoms with Crippen molar-refractivity contribution >= 4 is 29.3 Å². The van der Waals surface area contributed by atoms with Gasteiger partial charge in [0.15, 0.2) is 5.96 Å². The van der Waals surface area contributed by atoms with Gasteiger partial charge >= 0.3 is 0 Å². The summed E-state index contributed by atoms with van der Waals surface area (Å²) in [6.45, 7) is 4.36. The van der Waals surface area contributed by atoms with Crippen LogP contribution in [0.25, 0.3) is 0 Å². The first kappa shape index (κ1) is 21.4. The third-order valence-corrected chi connectivity index (χ3v) is 5.34. The zero-order chi connectivity index (χ0) is 19.5. The van der Waals surface area contributed by atoms with Crippen LogP contribution < -0.4 is 16.2 Å². The van der Waals surface area contributed by atoms with Crippen LogP contribution in [0.4, 0.5) is 0 Å². The van der Waals surface area contributed by atoms with Crippen molar-refractivity contribution in [3.05, 3.63) is 63.5 Å². The summed E-state index contributed by atoms with van der Waals surface area (Å²) in [5.74, 6) is 1.75. The van der Waals surface area contributed by atoms with Crippen molar-refractivity contribution in [2.24, 2.45) is 4.99 Å². The van der Waals surface area contributed by atoms with Gasteiger partial charge in [-0.2, -0.15) is 0 Å². The summed E-state index contributed by atoms with van der Waals surface area (Å²) >= 11 is 7.67. The first-order valence-electron chi connectivity index (χ1n) is 9.09. The van der Waals surface area contributed by atoms with Crippen molar-refractivity contribution in [1.29, 1.82) is 0 Å². The summed E-state index contributed by atoms with van der Waals surface area (Å²) in [4.78, 5) is 17.3. The largest absolute Gasteiger partial charge is 0.356 e. The molecule has 0 saturated heterocycles. The van der Waals surface area contributed by atoms with Gasteiger partial charge in [0.2, 0.25) is 0 Å². The molecule has 0 aliphatic rings. The topological polar surface area (TPSA) is 58.4 Å². The smallest absolute Gasteiger partial charge is 0.250 e. The fourth-order valence-corrected chi connectivity index (χ4v) is 3.50. The second-order valence-corrected chi connectivity index (χ2v) is 7.70. The second kappa shape index (κ2) is 11.7. The fourth-order valence-electron chi connectivity index (χ4n) is 2.60. The van der Waals surface area contributed by atoms with Gasteiger partial charge in [-0.25, -0.2) is 0 Å². The number of aryl methyl sites for hydroxylation is 1. The number of halogens is 1. The molecule has 1 aromatic carbocycles. The van der Waals surface area contributed by atoms with Gasteiger partial charge < -0.3 is 15.2 Å². The van der Waals surface area contributed by atoms with E-state index in [0.29, 0.717) is 0 Å². The Kier molecular flexibility index (Phi) is 9.28. The molecule has 27 heavy (non-hydrogen) atoms. The monoisotopic (exact) mass is 406 g/mol. The number of aromatic nitrogens is 1. The minimum atomic E-state index is 0.0682. The number of rotatable bonds is 9. The number of guanidine groups is 1. The van der Waals surface area contributed by atoms with Gasteiger partial charge in [0.1, 0.15) is 0 Å². The van der Waals surface area contributed by atoms with E-state index in [2.05, 4.69) is 15.6 Å². The lowest BCUT2D eigenvalue weighted by Crippen LogP contribution is -2.38. The molecule has 0 radical (unpaired) electrons. The zero-order valence-electron chi connectivity index (χ0n) is 15.9. The second-order valence-electron chi connectivity index (χ2n) is 6.09. The van der Waals surface area contributed by atoms with Crippen molar-refractivity contribution in [3.8, 4) is 0 Å². The van der Waals surface area contributed by atoms with Crippen LogP contribution in [0.3, 0.4) is 0 Å². The van der Waals surface area contributed by atoms with E-state index < -0.39 is 0 Å².